The number of nitrogens with zero attached hydrogens (tertiary/aromatic N) is 6. The van der Waals surface area contributed by atoms with Gasteiger partial charge in [-0.2, -0.15) is 0 Å². The molecule has 0 aliphatic rings. The fraction of sp³-hybridized carbons (Fsp3) is 0.250. The number of hydrogen-bond acceptors (Lipinski definition) is 5. The largest absolute Gasteiger partial charge is 0.332 e. The van der Waals surface area contributed by atoms with Crippen LogP contribution < -0.4 is 11.2 Å². The van der Waals surface area contributed by atoms with Gasteiger partial charge < -0.3 is 4.57 Å². The summed E-state index contributed by atoms with van der Waals surface area (Å²) in [5.41, 5.74) is 1.38. The molecule has 4 rings (SSSR count). The zero-order valence-corrected chi connectivity index (χ0v) is 18.3. The molecule has 0 unspecified atom stereocenters. The molecule has 1 aromatic carbocycles. The van der Waals surface area contributed by atoms with Crippen LogP contribution in [0.25, 0.3) is 22.1 Å². The zero-order chi connectivity index (χ0) is 20.7. The summed E-state index contributed by atoms with van der Waals surface area (Å²) >= 11 is 2.04. The molecule has 0 saturated heterocycles. The third-order valence-corrected chi connectivity index (χ3v) is 5.56. The molecular formula is C20H17IN6O2. The first-order valence-electron chi connectivity index (χ1n) is 8.89. The highest BCUT2D eigenvalue weighted by atomic mass is 127. The van der Waals surface area contributed by atoms with Crippen molar-refractivity contribution in [3.63, 3.8) is 0 Å². The predicted octanol–water partition coefficient (Wildman–Crippen LogP) is 1.82. The van der Waals surface area contributed by atoms with Crippen molar-refractivity contribution in [3.8, 4) is 11.8 Å². The Bertz CT molecular complexity index is 1450. The fourth-order valence-electron chi connectivity index (χ4n) is 3.29. The predicted molar refractivity (Wildman–Crippen MR) is 119 cm³/mol. The Balaban J connectivity index is 1.93. The summed E-state index contributed by atoms with van der Waals surface area (Å²) in [4.78, 5) is 39.5. The van der Waals surface area contributed by atoms with E-state index in [1.54, 1.807) is 18.5 Å². The zero-order valence-electron chi connectivity index (χ0n) is 16.1. The lowest BCUT2D eigenvalue weighted by Crippen LogP contribution is -2.40. The number of halogens is 1. The van der Waals surface area contributed by atoms with Gasteiger partial charge in [0.15, 0.2) is 15.0 Å². The summed E-state index contributed by atoms with van der Waals surface area (Å²) in [6, 6.07) is 7.65. The SMILES string of the molecule is CC#CCn1c(I)nc2c1c(=O)n(Cc1nc(C)c3ccccc3n1)c(=O)n2C. The average Bonchev–Trinajstić information content (AvgIpc) is 3.04. The van der Waals surface area contributed by atoms with E-state index >= 15 is 0 Å². The number of para-hydroxylation sites is 1. The fourth-order valence-corrected chi connectivity index (χ4v) is 3.93. The third-order valence-electron chi connectivity index (χ3n) is 4.74. The summed E-state index contributed by atoms with van der Waals surface area (Å²) < 4.78 is 4.85. The van der Waals surface area contributed by atoms with Crippen molar-refractivity contribution in [2.45, 2.75) is 26.9 Å². The van der Waals surface area contributed by atoms with Gasteiger partial charge in [0, 0.05) is 40.7 Å². The summed E-state index contributed by atoms with van der Waals surface area (Å²) in [6.07, 6.45) is 0. The molecule has 8 nitrogen and oxygen atoms in total. The van der Waals surface area contributed by atoms with E-state index in [2.05, 4.69) is 26.8 Å². The van der Waals surface area contributed by atoms with Crippen LogP contribution >= 0.6 is 22.6 Å². The van der Waals surface area contributed by atoms with Gasteiger partial charge in [-0.05, 0) is 19.9 Å². The highest BCUT2D eigenvalue weighted by Gasteiger charge is 2.19. The molecule has 0 spiro atoms. The lowest BCUT2D eigenvalue weighted by atomic mass is 10.2. The Morgan fingerprint density at radius 3 is 2.62 bits per heavy atom. The van der Waals surface area contributed by atoms with Gasteiger partial charge >= 0.3 is 5.69 Å². The molecule has 0 aliphatic carbocycles. The van der Waals surface area contributed by atoms with Gasteiger partial charge in [0.1, 0.15) is 5.82 Å². The minimum Gasteiger partial charge on any atom is -0.302 e. The number of benzene rings is 1. The van der Waals surface area contributed by atoms with E-state index in [0.717, 1.165) is 21.2 Å². The average molecular weight is 500 g/mol. The van der Waals surface area contributed by atoms with Crippen LogP contribution in [0.15, 0.2) is 33.9 Å². The Labute approximate surface area is 179 Å². The van der Waals surface area contributed by atoms with Crippen molar-refractivity contribution < 1.29 is 0 Å². The number of aryl methyl sites for hydroxylation is 2. The first-order chi connectivity index (χ1) is 13.9. The molecule has 0 radical (unpaired) electrons. The summed E-state index contributed by atoms with van der Waals surface area (Å²) in [6.45, 7) is 3.93. The topological polar surface area (TPSA) is 87.6 Å². The standard InChI is InChI=1S/C20H17IN6O2/c1-4-5-10-26-16-17(24-19(26)21)25(3)20(29)27(18(16)28)11-15-22-12(2)13-8-6-7-9-14(13)23-15/h6-9H,10-11H2,1-3H3. The second-order valence-corrected chi connectivity index (χ2v) is 7.51. The van der Waals surface area contributed by atoms with E-state index in [-0.39, 0.29) is 6.54 Å². The maximum atomic E-state index is 13.2. The smallest absolute Gasteiger partial charge is 0.302 e. The van der Waals surface area contributed by atoms with Crippen LogP contribution in [-0.2, 0) is 20.1 Å². The second kappa shape index (κ2) is 7.44. The molecule has 146 valence electrons. The Morgan fingerprint density at radius 2 is 1.86 bits per heavy atom. The van der Waals surface area contributed by atoms with Gasteiger partial charge in [-0.1, -0.05) is 24.1 Å². The van der Waals surface area contributed by atoms with Crippen LogP contribution in [0.5, 0.6) is 0 Å². The van der Waals surface area contributed by atoms with Crippen LogP contribution in [0.3, 0.4) is 0 Å². The van der Waals surface area contributed by atoms with E-state index in [0.29, 0.717) is 27.4 Å². The van der Waals surface area contributed by atoms with Gasteiger partial charge in [0.2, 0.25) is 0 Å². The lowest BCUT2D eigenvalue weighted by Gasteiger charge is -2.10. The summed E-state index contributed by atoms with van der Waals surface area (Å²) in [5, 5.41) is 0.942. The molecule has 0 saturated carbocycles. The number of imidazole rings is 1. The van der Waals surface area contributed by atoms with Crippen molar-refractivity contribution in [1.82, 2.24) is 28.7 Å². The van der Waals surface area contributed by atoms with Gasteiger partial charge in [-0.3, -0.25) is 13.9 Å². The molecule has 0 aliphatic heterocycles. The molecular weight excluding hydrogens is 483 g/mol. The lowest BCUT2D eigenvalue weighted by molar-refractivity contribution is 0.633. The first kappa shape index (κ1) is 19.3. The summed E-state index contributed by atoms with van der Waals surface area (Å²) in [7, 11) is 1.60. The molecule has 0 amide bonds. The van der Waals surface area contributed by atoms with Crippen molar-refractivity contribution in [2.24, 2.45) is 7.05 Å². The number of rotatable bonds is 3. The minimum absolute atomic E-state index is 0.0195. The van der Waals surface area contributed by atoms with Crippen LogP contribution in [0.4, 0.5) is 0 Å². The first-order valence-corrected chi connectivity index (χ1v) is 9.97. The van der Waals surface area contributed by atoms with E-state index in [1.807, 2.05) is 53.8 Å². The van der Waals surface area contributed by atoms with Crippen molar-refractivity contribution in [3.05, 3.63) is 60.5 Å². The van der Waals surface area contributed by atoms with Crippen molar-refractivity contribution >= 4 is 44.7 Å². The van der Waals surface area contributed by atoms with E-state index in [9.17, 15) is 9.59 Å². The van der Waals surface area contributed by atoms with Gasteiger partial charge in [-0.25, -0.2) is 19.7 Å². The number of fused-ring (bicyclic) bond motifs is 2. The molecule has 3 aromatic heterocycles. The van der Waals surface area contributed by atoms with E-state index < -0.39 is 11.2 Å². The number of aromatic nitrogens is 6. The maximum Gasteiger partial charge on any atom is 0.332 e. The molecule has 3 heterocycles. The van der Waals surface area contributed by atoms with Crippen molar-refractivity contribution in [1.29, 1.82) is 0 Å². The van der Waals surface area contributed by atoms with Crippen LogP contribution in [0.2, 0.25) is 0 Å². The van der Waals surface area contributed by atoms with Crippen LogP contribution in [0, 0.1) is 22.6 Å². The minimum atomic E-state index is -0.459. The molecule has 0 atom stereocenters. The highest BCUT2D eigenvalue weighted by molar-refractivity contribution is 14.1. The van der Waals surface area contributed by atoms with E-state index in [1.165, 1.54) is 4.57 Å². The monoisotopic (exact) mass is 500 g/mol. The Morgan fingerprint density at radius 1 is 1.10 bits per heavy atom. The van der Waals surface area contributed by atoms with Crippen LogP contribution in [0.1, 0.15) is 18.4 Å². The maximum absolute atomic E-state index is 13.2. The molecule has 4 aromatic rings. The Kier molecular flexibility index (Phi) is 4.96. The molecule has 0 N–H and O–H groups in total. The van der Waals surface area contributed by atoms with E-state index in [4.69, 9.17) is 0 Å². The molecule has 9 heteroatoms. The molecule has 0 bridgehead atoms. The Hall–Kier alpha value is -3.00. The quantitative estimate of drug-likeness (QED) is 0.244. The van der Waals surface area contributed by atoms with Crippen molar-refractivity contribution in [2.75, 3.05) is 0 Å². The highest BCUT2D eigenvalue weighted by Crippen LogP contribution is 2.15. The third kappa shape index (κ3) is 3.23. The van der Waals surface area contributed by atoms with Gasteiger partial charge in [0.25, 0.3) is 5.56 Å². The van der Waals surface area contributed by atoms with Gasteiger partial charge in [-0.15, -0.1) is 5.92 Å². The van der Waals surface area contributed by atoms with Crippen LogP contribution in [-0.4, -0.2) is 28.7 Å². The molecule has 29 heavy (non-hydrogen) atoms. The summed E-state index contributed by atoms with van der Waals surface area (Å²) in [5.74, 6) is 6.18. The normalized spacial score (nSPS) is 11.0. The number of hydrogen-bond donors (Lipinski definition) is 0. The second-order valence-electron chi connectivity index (χ2n) is 6.54. The van der Waals surface area contributed by atoms with Gasteiger partial charge in [0.05, 0.1) is 18.6 Å². The molecule has 0 fully saturated rings.